The molecule has 10 nitrogen and oxygen atoms in total. The number of esters is 3. The molecule has 0 aliphatic heterocycles. The van der Waals surface area contributed by atoms with Crippen LogP contribution in [0, 0.1) is 11.8 Å². The molecule has 1 aromatic rings. The third-order valence-corrected chi connectivity index (χ3v) is 13.9. The molecule has 0 aromatic carbocycles. The van der Waals surface area contributed by atoms with Gasteiger partial charge in [-0.25, -0.2) is 4.79 Å². The molecule has 1 fully saturated rings. The third-order valence-electron chi connectivity index (χ3n) is 12.7. The molecule has 1 aliphatic carbocycles. The van der Waals surface area contributed by atoms with Gasteiger partial charge in [-0.1, -0.05) is 154 Å². The van der Waals surface area contributed by atoms with Crippen molar-refractivity contribution in [1.29, 1.82) is 0 Å². The fourth-order valence-corrected chi connectivity index (χ4v) is 9.88. The van der Waals surface area contributed by atoms with Crippen molar-refractivity contribution < 1.29 is 33.1 Å². The molecule has 1 saturated carbocycles. The van der Waals surface area contributed by atoms with Crippen molar-refractivity contribution in [2.75, 3.05) is 18.1 Å². The van der Waals surface area contributed by atoms with E-state index in [1.165, 1.54) is 122 Å². The highest BCUT2D eigenvalue weighted by atomic mass is 32.2. The monoisotopic (exact) mass is 893 g/mol. The Kier molecular flexibility index (Phi) is 35.2. The van der Waals surface area contributed by atoms with Gasteiger partial charge in [0.05, 0.1) is 13.0 Å². The lowest BCUT2D eigenvalue weighted by atomic mass is 9.86. The molecule has 1 aliphatic rings. The van der Waals surface area contributed by atoms with Gasteiger partial charge >= 0.3 is 23.7 Å². The Hall–Kier alpha value is -2.30. The number of nitrogens with zero attached hydrogens (tertiary/aromatic N) is 1. The molecule has 0 amide bonds. The second kappa shape index (κ2) is 39.1. The Morgan fingerprint density at radius 2 is 1.18 bits per heavy atom. The van der Waals surface area contributed by atoms with Crippen LogP contribution in [0.15, 0.2) is 9.32 Å². The van der Waals surface area contributed by atoms with Gasteiger partial charge in [-0.2, -0.15) is 11.8 Å². The number of nitrogens with one attached hydrogen (secondary N) is 1. The van der Waals surface area contributed by atoms with Crippen LogP contribution >= 0.6 is 11.8 Å². The van der Waals surface area contributed by atoms with E-state index in [2.05, 4.69) is 35.4 Å². The number of rotatable bonds is 42. The molecular weight excluding hydrogens is 801 g/mol. The van der Waals surface area contributed by atoms with Crippen LogP contribution in [-0.4, -0.2) is 58.4 Å². The highest BCUT2D eigenvalue weighted by molar-refractivity contribution is 7.99. The summed E-state index contributed by atoms with van der Waals surface area (Å²) in [5.41, 5.74) is 0. The topological polar surface area (TPSA) is 138 Å². The normalized spacial score (nSPS) is 14.7. The minimum atomic E-state index is -0.630. The number of carbonyl (C=O) groups excluding carboxylic acids is 3. The molecule has 11 heteroatoms. The number of aryl methyl sites for hydroxylation is 1. The number of aromatic nitrogens is 2. The zero-order valence-corrected chi connectivity index (χ0v) is 40.8. The predicted octanol–water partition coefficient (Wildman–Crippen LogP) is 14.0. The van der Waals surface area contributed by atoms with Crippen molar-refractivity contribution in [3.63, 3.8) is 0 Å². The summed E-state index contributed by atoms with van der Waals surface area (Å²) < 4.78 is 22.3. The first-order valence-corrected chi connectivity index (χ1v) is 27.1. The van der Waals surface area contributed by atoms with Crippen molar-refractivity contribution in [1.82, 2.24) is 10.1 Å². The third kappa shape index (κ3) is 31.5. The Morgan fingerprint density at radius 1 is 0.645 bits per heavy atom. The Bertz CT molecular complexity index is 1280. The van der Waals surface area contributed by atoms with Crippen LogP contribution in [0.25, 0.3) is 0 Å². The maximum atomic E-state index is 12.9. The second-order valence-corrected chi connectivity index (χ2v) is 19.6. The fraction of sp³-hybridized carbons (Fsp3) is 0.902. The van der Waals surface area contributed by atoms with E-state index in [1.54, 1.807) is 0 Å². The molecule has 3 atom stereocenters. The van der Waals surface area contributed by atoms with Gasteiger partial charge in [-0.15, -0.1) is 0 Å². The first kappa shape index (κ1) is 55.8. The van der Waals surface area contributed by atoms with Gasteiger partial charge < -0.3 is 14.2 Å². The van der Waals surface area contributed by atoms with E-state index in [4.69, 9.17) is 14.2 Å². The summed E-state index contributed by atoms with van der Waals surface area (Å²) in [6.45, 7) is 7.16. The summed E-state index contributed by atoms with van der Waals surface area (Å²) in [6, 6.07) is 0. The summed E-state index contributed by atoms with van der Waals surface area (Å²) in [6.07, 6.45) is 37.8. The van der Waals surface area contributed by atoms with E-state index in [0.717, 1.165) is 95.0 Å². The zero-order valence-electron chi connectivity index (χ0n) is 40.0. The lowest BCUT2D eigenvalue weighted by molar-refractivity contribution is -0.150. The average molecular weight is 893 g/mol. The maximum Gasteiger partial charge on any atom is 0.438 e. The van der Waals surface area contributed by atoms with Crippen LogP contribution in [0.1, 0.15) is 251 Å². The minimum absolute atomic E-state index is 0.00458. The number of hydrogen-bond donors (Lipinski definition) is 1. The SMILES string of the molecule is CCCCCCCCCC(CCCCCC)CC(=O)OCCCCCC(CCCCCSCC(CCCCCC)OC(=O)CCC1CCCCC1)OC(=O)CCc1noc(=O)[nH]1. The largest absolute Gasteiger partial charge is 0.466 e. The van der Waals surface area contributed by atoms with E-state index in [-0.39, 0.29) is 43.0 Å². The molecule has 62 heavy (non-hydrogen) atoms. The molecule has 1 aromatic heterocycles. The van der Waals surface area contributed by atoms with Gasteiger partial charge in [0.15, 0.2) is 5.82 Å². The van der Waals surface area contributed by atoms with Gasteiger partial charge in [0.25, 0.3) is 0 Å². The Balaban J connectivity index is 1.74. The molecule has 0 spiro atoms. The van der Waals surface area contributed by atoms with Crippen molar-refractivity contribution in [3.8, 4) is 0 Å². The van der Waals surface area contributed by atoms with Gasteiger partial charge in [-0.3, -0.25) is 23.9 Å². The molecule has 1 heterocycles. The van der Waals surface area contributed by atoms with Gasteiger partial charge in [0, 0.05) is 25.0 Å². The molecule has 0 bridgehead atoms. The maximum absolute atomic E-state index is 12.9. The second-order valence-electron chi connectivity index (χ2n) is 18.5. The van der Waals surface area contributed by atoms with Crippen LogP contribution in [0.2, 0.25) is 0 Å². The number of unbranched alkanes of at least 4 members (excludes halogenated alkanes) is 16. The van der Waals surface area contributed by atoms with E-state index in [0.29, 0.717) is 37.1 Å². The molecule has 360 valence electrons. The fourth-order valence-electron chi connectivity index (χ4n) is 8.81. The van der Waals surface area contributed by atoms with Gasteiger partial charge in [0.1, 0.15) is 12.2 Å². The van der Waals surface area contributed by atoms with E-state index < -0.39 is 5.76 Å². The van der Waals surface area contributed by atoms with Crippen molar-refractivity contribution in [2.45, 2.75) is 264 Å². The summed E-state index contributed by atoms with van der Waals surface area (Å²) in [7, 11) is 0. The Labute approximate surface area is 382 Å². The van der Waals surface area contributed by atoms with E-state index in [9.17, 15) is 19.2 Å². The first-order chi connectivity index (χ1) is 30.3. The van der Waals surface area contributed by atoms with Crippen molar-refractivity contribution in [2.24, 2.45) is 11.8 Å². The smallest absolute Gasteiger partial charge is 0.438 e. The lowest BCUT2D eigenvalue weighted by Gasteiger charge is -2.22. The number of hydrogen-bond acceptors (Lipinski definition) is 10. The first-order valence-electron chi connectivity index (χ1n) is 26.0. The lowest BCUT2D eigenvalue weighted by Crippen LogP contribution is -2.22. The molecule has 1 N–H and O–H groups in total. The highest BCUT2D eigenvalue weighted by Gasteiger charge is 2.20. The van der Waals surface area contributed by atoms with Gasteiger partial charge in [-0.05, 0) is 94.6 Å². The zero-order chi connectivity index (χ0) is 44.7. The summed E-state index contributed by atoms with van der Waals surface area (Å²) in [4.78, 5) is 52.3. The van der Waals surface area contributed by atoms with E-state index in [1.807, 2.05) is 11.8 Å². The van der Waals surface area contributed by atoms with Crippen molar-refractivity contribution >= 4 is 29.7 Å². The molecule has 0 radical (unpaired) electrons. The van der Waals surface area contributed by atoms with Crippen molar-refractivity contribution in [3.05, 3.63) is 16.4 Å². The molecule has 3 unspecified atom stereocenters. The minimum Gasteiger partial charge on any atom is -0.466 e. The van der Waals surface area contributed by atoms with Crippen LogP contribution in [0.4, 0.5) is 0 Å². The molecular formula is C51H92N2O8S. The number of aromatic amines is 1. The highest BCUT2D eigenvalue weighted by Crippen LogP contribution is 2.28. The number of ether oxygens (including phenoxy) is 3. The van der Waals surface area contributed by atoms with Crippen LogP contribution in [0.5, 0.6) is 0 Å². The molecule has 0 saturated heterocycles. The molecule has 2 rings (SSSR count). The quantitative estimate of drug-likeness (QED) is 0.0383. The van der Waals surface area contributed by atoms with E-state index >= 15 is 0 Å². The number of H-pyrrole nitrogens is 1. The standard InChI is InChI=1S/C51H92N2O8S/c1-4-7-10-13-14-15-20-31-44(30-19-11-8-5-2)41-50(56)58-39-26-17-24-32-45(59-49(55)38-36-47-52-51(57)61-53-47)33-25-18-27-40-62-42-46(34-23-12-9-6-3)60-48(54)37-35-43-28-21-16-22-29-43/h43-46H,4-42H2,1-3H3,(H,52,53,57). The summed E-state index contributed by atoms with van der Waals surface area (Å²) >= 11 is 1.89. The van der Waals surface area contributed by atoms with Gasteiger partial charge in [0.2, 0.25) is 0 Å². The van der Waals surface area contributed by atoms with Crippen LogP contribution < -0.4 is 5.76 Å². The van der Waals surface area contributed by atoms with Crippen LogP contribution in [-0.2, 0) is 35.0 Å². The summed E-state index contributed by atoms with van der Waals surface area (Å²) in [5.74, 6) is 2.33. The summed E-state index contributed by atoms with van der Waals surface area (Å²) in [5, 5.41) is 3.66. The number of carbonyl (C=O) groups is 3. The predicted molar refractivity (Wildman–Crippen MR) is 254 cm³/mol. The Morgan fingerprint density at radius 3 is 1.81 bits per heavy atom. The average Bonchev–Trinajstić information content (AvgIpc) is 3.70. The van der Waals surface area contributed by atoms with Crippen LogP contribution in [0.3, 0.4) is 0 Å². The number of thioether (sulfide) groups is 1.